The Morgan fingerprint density at radius 2 is 2.07 bits per heavy atom. The molecule has 0 saturated carbocycles. The van der Waals surface area contributed by atoms with E-state index in [1.54, 1.807) is 0 Å². The molecule has 1 aromatic carbocycles. The number of aromatic nitrogens is 1. The van der Waals surface area contributed by atoms with E-state index in [4.69, 9.17) is 9.47 Å². The SMILES string of the molecule is Cc1nc(C)c(C(=O)N2Cc3cc(CN4CCOCC4)ccc3OCC2C)s1. The van der Waals surface area contributed by atoms with Gasteiger partial charge in [0.25, 0.3) is 5.91 Å². The van der Waals surface area contributed by atoms with E-state index >= 15 is 0 Å². The summed E-state index contributed by atoms with van der Waals surface area (Å²) in [5.41, 5.74) is 3.13. The van der Waals surface area contributed by atoms with Crippen molar-refractivity contribution in [3.63, 3.8) is 0 Å². The Morgan fingerprint density at radius 3 is 2.79 bits per heavy atom. The molecule has 3 heterocycles. The van der Waals surface area contributed by atoms with Gasteiger partial charge in [0.1, 0.15) is 17.2 Å². The van der Waals surface area contributed by atoms with Crippen LogP contribution in [0.2, 0.25) is 0 Å². The summed E-state index contributed by atoms with van der Waals surface area (Å²) < 4.78 is 11.5. The highest BCUT2D eigenvalue weighted by Gasteiger charge is 2.29. The Hall–Kier alpha value is -1.96. The zero-order valence-corrected chi connectivity index (χ0v) is 17.6. The topological polar surface area (TPSA) is 54.9 Å². The molecule has 0 bridgehead atoms. The number of carbonyl (C=O) groups excluding carboxylic acids is 1. The number of hydrogen-bond donors (Lipinski definition) is 0. The number of ether oxygens (including phenoxy) is 2. The maximum Gasteiger partial charge on any atom is 0.266 e. The summed E-state index contributed by atoms with van der Waals surface area (Å²) in [4.78, 5) is 22.7. The van der Waals surface area contributed by atoms with Crippen molar-refractivity contribution in [1.82, 2.24) is 14.8 Å². The van der Waals surface area contributed by atoms with Crippen molar-refractivity contribution >= 4 is 17.2 Å². The first-order chi connectivity index (χ1) is 13.5. The first-order valence-corrected chi connectivity index (χ1v) is 10.6. The molecule has 6 nitrogen and oxygen atoms in total. The van der Waals surface area contributed by atoms with Gasteiger partial charge in [0.15, 0.2) is 0 Å². The zero-order chi connectivity index (χ0) is 19.7. The van der Waals surface area contributed by atoms with E-state index in [9.17, 15) is 4.79 Å². The number of aryl methyl sites for hydroxylation is 2. The number of rotatable bonds is 3. The van der Waals surface area contributed by atoms with Crippen LogP contribution in [0.25, 0.3) is 0 Å². The number of thiazole rings is 1. The van der Waals surface area contributed by atoms with Crippen LogP contribution in [0.4, 0.5) is 0 Å². The quantitative estimate of drug-likeness (QED) is 0.791. The Balaban J connectivity index is 1.56. The number of hydrogen-bond acceptors (Lipinski definition) is 6. The molecule has 4 rings (SSSR count). The maximum atomic E-state index is 13.2. The highest BCUT2D eigenvalue weighted by Crippen LogP contribution is 2.29. The van der Waals surface area contributed by atoms with E-state index in [-0.39, 0.29) is 11.9 Å². The van der Waals surface area contributed by atoms with Crippen molar-refractivity contribution in [2.24, 2.45) is 0 Å². The highest BCUT2D eigenvalue weighted by atomic mass is 32.1. The predicted octanol–water partition coefficient (Wildman–Crippen LogP) is 3.02. The van der Waals surface area contributed by atoms with E-state index in [1.165, 1.54) is 16.9 Å². The fraction of sp³-hybridized carbons (Fsp3) is 0.524. The highest BCUT2D eigenvalue weighted by molar-refractivity contribution is 7.13. The lowest BCUT2D eigenvalue weighted by molar-refractivity contribution is 0.0341. The van der Waals surface area contributed by atoms with Crippen LogP contribution in [0.3, 0.4) is 0 Å². The molecule has 28 heavy (non-hydrogen) atoms. The Bertz CT molecular complexity index is 861. The second kappa shape index (κ2) is 8.19. The van der Waals surface area contributed by atoms with Crippen LogP contribution in [0.15, 0.2) is 18.2 Å². The second-order valence-electron chi connectivity index (χ2n) is 7.57. The molecule has 2 aliphatic rings. The van der Waals surface area contributed by atoms with Crippen molar-refractivity contribution in [2.75, 3.05) is 32.9 Å². The van der Waals surface area contributed by atoms with E-state index in [0.717, 1.165) is 59.7 Å². The minimum absolute atomic E-state index is 0.00407. The van der Waals surface area contributed by atoms with E-state index in [0.29, 0.717) is 13.2 Å². The standard InChI is InChI=1S/C21H27N3O3S/c1-14-13-27-19-5-4-17(11-23-6-8-26-9-7-23)10-18(19)12-24(14)21(25)20-15(2)22-16(3)28-20/h4-5,10,14H,6-9,11-13H2,1-3H3. The van der Waals surface area contributed by atoms with Gasteiger partial charge in [-0.3, -0.25) is 9.69 Å². The molecule has 1 atom stereocenters. The van der Waals surface area contributed by atoms with Crippen LogP contribution in [-0.4, -0.2) is 59.6 Å². The normalized spacial score (nSPS) is 20.4. The Morgan fingerprint density at radius 1 is 1.29 bits per heavy atom. The molecule has 1 saturated heterocycles. The minimum Gasteiger partial charge on any atom is -0.491 e. The number of morpholine rings is 1. The summed E-state index contributed by atoms with van der Waals surface area (Å²) in [5, 5.41) is 0.924. The zero-order valence-electron chi connectivity index (χ0n) is 16.7. The third-order valence-electron chi connectivity index (χ3n) is 5.35. The molecule has 150 valence electrons. The largest absolute Gasteiger partial charge is 0.491 e. The van der Waals surface area contributed by atoms with Crippen LogP contribution in [0.1, 0.15) is 38.4 Å². The van der Waals surface area contributed by atoms with Crippen molar-refractivity contribution in [3.05, 3.63) is 44.9 Å². The fourth-order valence-electron chi connectivity index (χ4n) is 3.78. The van der Waals surface area contributed by atoms with Crippen molar-refractivity contribution in [3.8, 4) is 5.75 Å². The molecular formula is C21H27N3O3S. The lowest BCUT2D eigenvalue weighted by Crippen LogP contribution is -2.39. The number of carbonyl (C=O) groups is 1. The van der Waals surface area contributed by atoms with Gasteiger partial charge >= 0.3 is 0 Å². The molecule has 2 aromatic rings. The molecule has 7 heteroatoms. The maximum absolute atomic E-state index is 13.2. The number of benzene rings is 1. The Kier molecular flexibility index (Phi) is 5.66. The van der Waals surface area contributed by atoms with Gasteiger partial charge in [-0.05, 0) is 38.5 Å². The molecule has 1 fully saturated rings. The molecule has 0 spiro atoms. The number of fused-ring (bicyclic) bond motifs is 1. The Labute approximate surface area is 170 Å². The van der Waals surface area contributed by atoms with Gasteiger partial charge in [-0.1, -0.05) is 6.07 Å². The fourth-order valence-corrected chi connectivity index (χ4v) is 4.66. The molecule has 0 radical (unpaired) electrons. The van der Waals surface area contributed by atoms with Gasteiger partial charge in [-0.25, -0.2) is 4.98 Å². The van der Waals surface area contributed by atoms with E-state index in [2.05, 4.69) is 22.0 Å². The van der Waals surface area contributed by atoms with Crippen molar-refractivity contribution < 1.29 is 14.3 Å². The van der Waals surface area contributed by atoms with Crippen LogP contribution in [-0.2, 0) is 17.8 Å². The van der Waals surface area contributed by atoms with Gasteiger partial charge in [0.05, 0.1) is 36.5 Å². The second-order valence-corrected chi connectivity index (χ2v) is 8.77. The molecule has 1 aromatic heterocycles. The molecular weight excluding hydrogens is 374 g/mol. The van der Waals surface area contributed by atoms with Gasteiger partial charge in [0.2, 0.25) is 0 Å². The third-order valence-corrected chi connectivity index (χ3v) is 6.41. The molecule has 1 amide bonds. The summed E-state index contributed by atoms with van der Waals surface area (Å²) >= 11 is 1.47. The minimum atomic E-state index is 0.00407. The van der Waals surface area contributed by atoms with Crippen LogP contribution < -0.4 is 4.74 Å². The summed E-state index contributed by atoms with van der Waals surface area (Å²) in [6, 6.07) is 6.37. The van der Waals surface area contributed by atoms with Crippen molar-refractivity contribution in [1.29, 1.82) is 0 Å². The summed E-state index contributed by atoms with van der Waals surface area (Å²) in [6.45, 7) is 11.3. The van der Waals surface area contributed by atoms with Crippen molar-refractivity contribution in [2.45, 2.75) is 39.9 Å². The first kappa shape index (κ1) is 19.4. The molecule has 2 aliphatic heterocycles. The third kappa shape index (κ3) is 4.06. The molecule has 0 N–H and O–H groups in total. The van der Waals surface area contributed by atoms with E-state index in [1.807, 2.05) is 31.7 Å². The number of amides is 1. The smallest absolute Gasteiger partial charge is 0.266 e. The van der Waals surface area contributed by atoms with Crippen LogP contribution in [0, 0.1) is 13.8 Å². The average Bonchev–Trinajstić information content (AvgIpc) is 2.93. The summed E-state index contributed by atoms with van der Waals surface area (Å²) in [6.07, 6.45) is 0. The summed E-state index contributed by atoms with van der Waals surface area (Å²) in [7, 11) is 0. The summed E-state index contributed by atoms with van der Waals surface area (Å²) in [5.74, 6) is 0.927. The first-order valence-electron chi connectivity index (χ1n) is 9.81. The van der Waals surface area contributed by atoms with Gasteiger partial charge in [0, 0.05) is 25.2 Å². The average molecular weight is 402 g/mol. The van der Waals surface area contributed by atoms with E-state index < -0.39 is 0 Å². The van der Waals surface area contributed by atoms with Gasteiger partial charge in [-0.2, -0.15) is 0 Å². The monoisotopic (exact) mass is 401 g/mol. The lowest BCUT2D eigenvalue weighted by atomic mass is 10.1. The van der Waals surface area contributed by atoms with Gasteiger partial charge in [-0.15, -0.1) is 11.3 Å². The molecule has 0 aliphatic carbocycles. The lowest BCUT2D eigenvalue weighted by Gasteiger charge is -2.27. The van der Waals surface area contributed by atoms with Crippen LogP contribution >= 0.6 is 11.3 Å². The van der Waals surface area contributed by atoms with Gasteiger partial charge < -0.3 is 14.4 Å². The number of nitrogens with zero attached hydrogens (tertiary/aromatic N) is 3. The predicted molar refractivity (Wildman–Crippen MR) is 109 cm³/mol. The molecule has 1 unspecified atom stereocenters. The van der Waals surface area contributed by atoms with Crippen LogP contribution in [0.5, 0.6) is 5.75 Å².